The number of benzene rings is 2. The van der Waals surface area contributed by atoms with Crippen molar-refractivity contribution in [2.75, 3.05) is 0 Å². The van der Waals surface area contributed by atoms with E-state index >= 15 is 0 Å². The molecule has 0 bridgehead atoms. The molecular weight excluding hydrogens is 348 g/mol. The van der Waals surface area contributed by atoms with Crippen molar-refractivity contribution in [3.63, 3.8) is 0 Å². The third kappa shape index (κ3) is 3.51. The van der Waals surface area contributed by atoms with E-state index in [4.69, 9.17) is 4.74 Å². The number of hydrogen-bond acceptors (Lipinski definition) is 4. The lowest BCUT2D eigenvalue weighted by Crippen LogP contribution is -2.17. The molecule has 136 valence electrons. The SMILES string of the molecule is Cc1ccc(S(=O)(=O)n2ccnc2COc2c(C)cc(C)cc2C)cc1. The van der Waals surface area contributed by atoms with Gasteiger partial charge < -0.3 is 4.74 Å². The van der Waals surface area contributed by atoms with Crippen molar-refractivity contribution < 1.29 is 13.2 Å². The Bertz CT molecular complexity index is 1010. The average molecular weight is 370 g/mol. The van der Waals surface area contributed by atoms with Gasteiger partial charge in [0, 0.05) is 12.4 Å². The topological polar surface area (TPSA) is 61.2 Å². The molecule has 1 heterocycles. The Balaban J connectivity index is 1.89. The van der Waals surface area contributed by atoms with Crippen LogP contribution in [0.2, 0.25) is 0 Å². The predicted octanol–water partition coefficient (Wildman–Crippen LogP) is 3.93. The van der Waals surface area contributed by atoms with Crippen molar-refractivity contribution in [2.24, 2.45) is 0 Å². The molecule has 0 spiro atoms. The van der Waals surface area contributed by atoms with Gasteiger partial charge in [-0.1, -0.05) is 35.4 Å². The van der Waals surface area contributed by atoms with Gasteiger partial charge in [0.1, 0.15) is 12.4 Å². The fourth-order valence-electron chi connectivity index (χ4n) is 3.00. The minimum atomic E-state index is -3.70. The molecule has 0 saturated carbocycles. The van der Waals surface area contributed by atoms with Crippen molar-refractivity contribution in [2.45, 2.75) is 39.2 Å². The van der Waals surface area contributed by atoms with Crippen molar-refractivity contribution in [3.8, 4) is 5.75 Å². The normalized spacial score (nSPS) is 11.5. The molecule has 0 unspecified atom stereocenters. The van der Waals surface area contributed by atoms with E-state index in [9.17, 15) is 8.42 Å². The highest BCUT2D eigenvalue weighted by atomic mass is 32.2. The van der Waals surface area contributed by atoms with Gasteiger partial charge in [0.15, 0.2) is 5.82 Å². The van der Waals surface area contributed by atoms with Crippen LogP contribution in [0.1, 0.15) is 28.1 Å². The monoisotopic (exact) mass is 370 g/mol. The summed E-state index contributed by atoms with van der Waals surface area (Å²) in [6, 6.07) is 10.8. The van der Waals surface area contributed by atoms with Crippen LogP contribution in [0.15, 0.2) is 53.7 Å². The van der Waals surface area contributed by atoms with Gasteiger partial charge in [0.05, 0.1) is 4.90 Å². The molecule has 0 radical (unpaired) electrons. The molecule has 5 nitrogen and oxygen atoms in total. The molecule has 0 amide bonds. The van der Waals surface area contributed by atoms with Crippen molar-refractivity contribution in [1.29, 1.82) is 0 Å². The minimum absolute atomic E-state index is 0.0723. The lowest BCUT2D eigenvalue weighted by molar-refractivity contribution is 0.291. The second-order valence-electron chi connectivity index (χ2n) is 6.47. The number of nitrogens with zero attached hydrogens (tertiary/aromatic N) is 2. The summed E-state index contributed by atoms with van der Waals surface area (Å²) in [5.41, 5.74) is 4.20. The quantitative estimate of drug-likeness (QED) is 0.683. The van der Waals surface area contributed by atoms with Gasteiger partial charge in [0.2, 0.25) is 0 Å². The fourth-order valence-corrected chi connectivity index (χ4v) is 4.30. The molecule has 0 aliphatic rings. The van der Waals surface area contributed by atoms with E-state index in [0.29, 0.717) is 5.82 Å². The number of aromatic nitrogens is 2. The van der Waals surface area contributed by atoms with Gasteiger partial charge in [-0.25, -0.2) is 17.4 Å². The number of ether oxygens (including phenoxy) is 1. The van der Waals surface area contributed by atoms with Crippen LogP contribution in [-0.4, -0.2) is 17.4 Å². The fraction of sp³-hybridized carbons (Fsp3) is 0.250. The van der Waals surface area contributed by atoms with Gasteiger partial charge in [-0.2, -0.15) is 0 Å². The number of imidazole rings is 1. The van der Waals surface area contributed by atoms with Crippen LogP contribution < -0.4 is 4.74 Å². The van der Waals surface area contributed by atoms with E-state index in [2.05, 4.69) is 4.98 Å². The van der Waals surface area contributed by atoms with E-state index in [1.807, 2.05) is 39.8 Å². The molecule has 2 aromatic carbocycles. The zero-order valence-corrected chi connectivity index (χ0v) is 16.2. The highest BCUT2D eigenvalue weighted by Gasteiger charge is 2.20. The Kier molecular flexibility index (Phi) is 4.87. The first-order chi connectivity index (χ1) is 12.3. The summed E-state index contributed by atoms with van der Waals surface area (Å²) in [4.78, 5) is 4.40. The molecule has 0 aliphatic heterocycles. The first kappa shape index (κ1) is 18.2. The van der Waals surface area contributed by atoms with Crippen LogP contribution in [0.5, 0.6) is 5.75 Å². The van der Waals surface area contributed by atoms with Crippen LogP contribution in [0.3, 0.4) is 0 Å². The lowest BCUT2D eigenvalue weighted by Gasteiger charge is -2.14. The maximum absolute atomic E-state index is 12.9. The summed E-state index contributed by atoms with van der Waals surface area (Å²) in [6.45, 7) is 7.97. The van der Waals surface area contributed by atoms with Gasteiger partial charge in [0.25, 0.3) is 10.0 Å². The van der Waals surface area contributed by atoms with Crippen molar-refractivity contribution >= 4 is 10.0 Å². The van der Waals surface area contributed by atoms with Crippen LogP contribution >= 0.6 is 0 Å². The van der Waals surface area contributed by atoms with Crippen LogP contribution in [0.4, 0.5) is 0 Å². The molecule has 1 aromatic heterocycles. The summed E-state index contributed by atoms with van der Waals surface area (Å²) >= 11 is 0. The summed E-state index contributed by atoms with van der Waals surface area (Å²) in [5.74, 6) is 1.10. The smallest absolute Gasteiger partial charge is 0.269 e. The Morgan fingerprint density at radius 3 is 2.19 bits per heavy atom. The highest BCUT2D eigenvalue weighted by molar-refractivity contribution is 7.90. The third-order valence-corrected chi connectivity index (χ3v) is 5.93. The zero-order chi connectivity index (χ0) is 18.9. The molecule has 3 rings (SSSR count). The van der Waals surface area contributed by atoms with Gasteiger partial charge >= 0.3 is 0 Å². The molecule has 0 aliphatic carbocycles. The highest BCUT2D eigenvalue weighted by Crippen LogP contribution is 2.26. The maximum Gasteiger partial charge on any atom is 0.269 e. The third-order valence-electron chi connectivity index (χ3n) is 4.21. The Labute approximate surface area is 154 Å². The molecule has 0 fully saturated rings. The lowest BCUT2D eigenvalue weighted by atomic mass is 10.1. The average Bonchev–Trinajstić information content (AvgIpc) is 3.03. The van der Waals surface area contributed by atoms with Crippen molar-refractivity contribution in [1.82, 2.24) is 8.96 Å². The molecule has 0 N–H and O–H groups in total. The summed E-state index contributed by atoms with van der Waals surface area (Å²) in [5, 5.41) is 0. The van der Waals surface area contributed by atoms with Crippen LogP contribution in [0.25, 0.3) is 0 Å². The van der Waals surface area contributed by atoms with E-state index in [1.165, 1.54) is 16.4 Å². The standard InChI is InChI=1S/C20H22N2O3S/c1-14-5-7-18(8-6-14)26(23,24)22-10-9-21-19(22)13-25-20-16(3)11-15(2)12-17(20)4/h5-12H,13H2,1-4H3. The molecule has 26 heavy (non-hydrogen) atoms. The zero-order valence-electron chi connectivity index (χ0n) is 15.4. The Morgan fingerprint density at radius 1 is 0.962 bits per heavy atom. The second kappa shape index (κ2) is 6.96. The maximum atomic E-state index is 12.9. The molecule has 0 atom stereocenters. The largest absolute Gasteiger partial charge is 0.485 e. The van der Waals surface area contributed by atoms with E-state index in [-0.39, 0.29) is 11.5 Å². The van der Waals surface area contributed by atoms with Crippen molar-refractivity contribution in [3.05, 3.63) is 76.9 Å². The molecule has 6 heteroatoms. The minimum Gasteiger partial charge on any atom is -0.485 e. The van der Waals surface area contributed by atoms with E-state index < -0.39 is 10.0 Å². The number of hydrogen-bond donors (Lipinski definition) is 0. The first-order valence-corrected chi connectivity index (χ1v) is 9.78. The molecule has 3 aromatic rings. The number of rotatable bonds is 5. The predicted molar refractivity (Wildman–Crippen MR) is 101 cm³/mol. The van der Waals surface area contributed by atoms with Gasteiger partial charge in [-0.3, -0.25) is 0 Å². The van der Waals surface area contributed by atoms with Crippen LogP contribution in [-0.2, 0) is 16.6 Å². The molecular formula is C20H22N2O3S. The van der Waals surface area contributed by atoms with E-state index in [1.54, 1.807) is 24.3 Å². The first-order valence-electron chi connectivity index (χ1n) is 8.34. The molecule has 0 saturated heterocycles. The summed E-state index contributed by atoms with van der Waals surface area (Å²) in [7, 11) is -3.70. The van der Waals surface area contributed by atoms with Crippen LogP contribution in [0, 0.1) is 27.7 Å². The number of aryl methyl sites for hydroxylation is 4. The Hall–Kier alpha value is -2.60. The van der Waals surface area contributed by atoms with Gasteiger partial charge in [-0.15, -0.1) is 0 Å². The van der Waals surface area contributed by atoms with E-state index in [0.717, 1.165) is 28.0 Å². The Morgan fingerprint density at radius 2 is 1.58 bits per heavy atom. The van der Waals surface area contributed by atoms with Gasteiger partial charge in [-0.05, 0) is 51.0 Å². The summed E-state index contributed by atoms with van der Waals surface area (Å²) in [6.07, 6.45) is 2.92. The second-order valence-corrected chi connectivity index (χ2v) is 8.29. The summed E-state index contributed by atoms with van der Waals surface area (Å²) < 4.78 is 32.9.